The number of likely N-dealkylation sites (tertiary alicyclic amines) is 1. The normalized spacial score (nSPS) is 24.7. The van der Waals surface area contributed by atoms with Gasteiger partial charge in [-0.15, -0.1) is 0 Å². The average Bonchev–Trinajstić information content (AvgIpc) is 2.76. The Morgan fingerprint density at radius 3 is 2.23 bits per heavy atom. The number of amides is 1. The summed E-state index contributed by atoms with van der Waals surface area (Å²) in [6, 6.07) is 10.4. The van der Waals surface area contributed by atoms with Gasteiger partial charge in [0.05, 0.1) is 24.5 Å². The lowest BCUT2D eigenvalue weighted by Crippen LogP contribution is -2.65. The first-order valence-electron chi connectivity index (χ1n) is 12.1. The van der Waals surface area contributed by atoms with E-state index in [9.17, 15) is 13.2 Å². The standard InChI is InChI=1S/C25H33N5O4S/c1-18-13-29(23-26-11-22(12-27-23)35(3,32)33)14-19(2)30(18)24(31)34-21-9-25(10-21)16-28(17-25)15-20-7-5-4-6-8-20/h4-8,11-12,18-19,21H,9-10,13-17H2,1-3H3/t18-,19+. The summed E-state index contributed by atoms with van der Waals surface area (Å²) in [5.74, 6) is 0.468. The summed E-state index contributed by atoms with van der Waals surface area (Å²) < 4.78 is 29.2. The summed E-state index contributed by atoms with van der Waals surface area (Å²) in [6.45, 7) is 8.21. The Labute approximate surface area is 207 Å². The fraction of sp³-hybridized carbons (Fsp3) is 0.560. The summed E-state index contributed by atoms with van der Waals surface area (Å²) in [6.07, 6.45) is 5.42. The molecule has 5 rings (SSSR count). The van der Waals surface area contributed by atoms with Crippen molar-refractivity contribution >= 4 is 21.9 Å². The lowest BCUT2D eigenvalue weighted by molar-refractivity contribution is -0.137. The molecule has 0 unspecified atom stereocenters. The van der Waals surface area contributed by atoms with Gasteiger partial charge in [-0.1, -0.05) is 30.3 Å². The highest BCUT2D eigenvalue weighted by Crippen LogP contribution is 2.50. The third-order valence-electron chi connectivity index (χ3n) is 7.41. The van der Waals surface area contributed by atoms with Gasteiger partial charge >= 0.3 is 6.09 Å². The second-order valence-electron chi connectivity index (χ2n) is 10.5. The van der Waals surface area contributed by atoms with E-state index >= 15 is 0 Å². The molecule has 0 radical (unpaired) electrons. The van der Waals surface area contributed by atoms with Gasteiger partial charge in [0.2, 0.25) is 5.95 Å². The van der Waals surface area contributed by atoms with Crippen LogP contribution in [0.3, 0.4) is 0 Å². The number of carbonyl (C=O) groups is 1. The van der Waals surface area contributed by atoms with E-state index in [1.165, 1.54) is 18.0 Å². The quantitative estimate of drug-likeness (QED) is 0.620. The van der Waals surface area contributed by atoms with Crippen molar-refractivity contribution in [3.05, 3.63) is 48.3 Å². The molecule has 188 valence electrons. The summed E-state index contributed by atoms with van der Waals surface area (Å²) in [7, 11) is -3.34. The van der Waals surface area contributed by atoms with Gasteiger partial charge in [0.25, 0.3) is 0 Å². The van der Waals surface area contributed by atoms with Gasteiger partial charge < -0.3 is 9.64 Å². The highest BCUT2D eigenvalue weighted by Gasteiger charge is 2.54. The van der Waals surface area contributed by atoms with Crippen LogP contribution in [0.25, 0.3) is 0 Å². The van der Waals surface area contributed by atoms with Gasteiger partial charge in [-0.05, 0) is 32.3 Å². The molecule has 9 nitrogen and oxygen atoms in total. The molecule has 1 aromatic carbocycles. The van der Waals surface area contributed by atoms with E-state index in [1.807, 2.05) is 29.7 Å². The Kier molecular flexibility index (Phi) is 6.21. The fourth-order valence-corrected chi connectivity index (χ4v) is 6.31. The van der Waals surface area contributed by atoms with Crippen molar-refractivity contribution in [2.24, 2.45) is 5.41 Å². The van der Waals surface area contributed by atoms with Gasteiger partial charge in [-0.25, -0.2) is 23.2 Å². The maximum Gasteiger partial charge on any atom is 0.410 e. The largest absolute Gasteiger partial charge is 0.446 e. The van der Waals surface area contributed by atoms with Crippen LogP contribution >= 0.6 is 0 Å². The molecule has 3 fully saturated rings. The van der Waals surface area contributed by atoms with E-state index in [0.29, 0.717) is 24.5 Å². The third-order valence-corrected chi connectivity index (χ3v) is 8.48. The lowest BCUT2D eigenvalue weighted by atomic mass is 9.61. The minimum Gasteiger partial charge on any atom is -0.446 e. The second kappa shape index (κ2) is 9.05. The molecule has 0 bridgehead atoms. The topological polar surface area (TPSA) is 95.9 Å². The van der Waals surface area contributed by atoms with Crippen LogP contribution in [0.4, 0.5) is 10.7 Å². The van der Waals surface area contributed by atoms with Gasteiger partial charge in [-0.2, -0.15) is 0 Å². The fourth-order valence-electron chi connectivity index (χ4n) is 5.82. The molecule has 2 aliphatic heterocycles. The molecular weight excluding hydrogens is 466 g/mol. The van der Waals surface area contributed by atoms with Crippen LogP contribution in [0.15, 0.2) is 47.6 Å². The third kappa shape index (κ3) is 4.99. The average molecular weight is 500 g/mol. The summed E-state index contributed by atoms with van der Waals surface area (Å²) in [4.78, 5) is 27.9. The zero-order valence-corrected chi connectivity index (χ0v) is 21.3. The van der Waals surface area contributed by atoms with Crippen LogP contribution < -0.4 is 4.90 Å². The first kappa shape index (κ1) is 24.0. The molecule has 2 atom stereocenters. The highest BCUT2D eigenvalue weighted by atomic mass is 32.2. The number of hydrogen-bond donors (Lipinski definition) is 0. The van der Waals surface area contributed by atoms with Crippen molar-refractivity contribution in [3.63, 3.8) is 0 Å². The van der Waals surface area contributed by atoms with Crippen molar-refractivity contribution in [3.8, 4) is 0 Å². The number of piperazine rings is 1. The minimum absolute atomic E-state index is 0.00863. The molecule has 1 amide bonds. The first-order chi connectivity index (χ1) is 16.6. The van der Waals surface area contributed by atoms with Gasteiger partial charge in [0.1, 0.15) is 11.0 Å². The summed E-state index contributed by atoms with van der Waals surface area (Å²) in [5, 5.41) is 0. The summed E-state index contributed by atoms with van der Waals surface area (Å²) >= 11 is 0. The molecule has 0 N–H and O–H groups in total. The van der Waals surface area contributed by atoms with Crippen molar-refractivity contribution in [2.75, 3.05) is 37.3 Å². The smallest absolute Gasteiger partial charge is 0.410 e. The first-order valence-corrected chi connectivity index (χ1v) is 14.0. The number of anilines is 1. The Morgan fingerprint density at radius 1 is 1.06 bits per heavy atom. The van der Waals surface area contributed by atoms with Crippen LogP contribution in [-0.2, 0) is 21.1 Å². The lowest BCUT2D eigenvalue weighted by Gasteiger charge is -2.58. The van der Waals surface area contributed by atoms with Crippen molar-refractivity contribution in [1.29, 1.82) is 0 Å². The predicted octanol–water partition coefficient (Wildman–Crippen LogP) is 2.58. The van der Waals surface area contributed by atoms with E-state index in [2.05, 4.69) is 39.1 Å². The molecule has 35 heavy (non-hydrogen) atoms. The number of sulfone groups is 1. The van der Waals surface area contributed by atoms with Crippen LogP contribution in [0.5, 0.6) is 0 Å². The van der Waals surface area contributed by atoms with E-state index in [4.69, 9.17) is 4.74 Å². The Hall–Kier alpha value is -2.72. The molecule has 3 aliphatic rings. The van der Waals surface area contributed by atoms with Crippen LogP contribution in [0, 0.1) is 5.41 Å². The van der Waals surface area contributed by atoms with Gasteiger partial charge in [0, 0.05) is 44.4 Å². The monoisotopic (exact) mass is 499 g/mol. The predicted molar refractivity (Wildman–Crippen MR) is 132 cm³/mol. The molecule has 1 saturated carbocycles. The second-order valence-corrected chi connectivity index (χ2v) is 12.6. The molecule has 1 spiro atoms. The molecule has 1 aliphatic carbocycles. The molecule has 2 saturated heterocycles. The molecule has 2 aromatic rings. The molecular formula is C25H33N5O4S. The number of hydrogen-bond acceptors (Lipinski definition) is 8. The van der Waals surface area contributed by atoms with Crippen molar-refractivity contribution in [2.45, 2.75) is 56.3 Å². The Morgan fingerprint density at radius 2 is 1.66 bits per heavy atom. The maximum absolute atomic E-state index is 13.0. The van der Waals surface area contributed by atoms with Crippen molar-refractivity contribution < 1.29 is 17.9 Å². The summed E-state index contributed by atoms with van der Waals surface area (Å²) in [5.41, 5.74) is 1.65. The number of benzene rings is 1. The van der Waals surface area contributed by atoms with E-state index in [0.717, 1.165) is 38.7 Å². The molecule has 1 aromatic heterocycles. The maximum atomic E-state index is 13.0. The number of nitrogens with zero attached hydrogens (tertiary/aromatic N) is 5. The van der Waals surface area contributed by atoms with Crippen molar-refractivity contribution in [1.82, 2.24) is 19.8 Å². The Bertz CT molecular complexity index is 1150. The number of rotatable bonds is 5. The van der Waals surface area contributed by atoms with Crippen LogP contribution in [0.1, 0.15) is 32.3 Å². The zero-order chi connectivity index (χ0) is 24.8. The number of carbonyl (C=O) groups excluding carboxylic acids is 1. The van der Waals surface area contributed by atoms with Gasteiger partial charge in [-0.3, -0.25) is 9.80 Å². The molecule has 10 heteroatoms. The van der Waals surface area contributed by atoms with E-state index in [-0.39, 0.29) is 29.2 Å². The van der Waals surface area contributed by atoms with Crippen LogP contribution in [0.2, 0.25) is 0 Å². The SMILES string of the molecule is C[C@@H]1CN(c2ncc(S(C)(=O)=O)cn2)C[C@H](C)N1C(=O)OC1CC2(C1)CN(Cc1ccccc1)C2. The van der Waals surface area contributed by atoms with Crippen LogP contribution in [-0.4, -0.2) is 84.9 Å². The zero-order valence-electron chi connectivity index (χ0n) is 20.5. The minimum atomic E-state index is -3.34. The Balaban J connectivity index is 1.10. The van der Waals surface area contributed by atoms with E-state index in [1.54, 1.807) is 0 Å². The molecule has 3 heterocycles. The van der Waals surface area contributed by atoms with Gasteiger partial charge in [0.15, 0.2) is 9.84 Å². The number of ether oxygens (including phenoxy) is 1. The highest BCUT2D eigenvalue weighted by molar-refractivity contribution is 7.90. The van der Waals surface area contributed by atoms with E-state index < -0.39 is 9.84 Å². The number of aromatic nitrogens is 2.